The lowest BCUT2D eigenvalue weighted by atomic mass is 10.1. The summed E-state index contributed by atoms with van der Waals surface area (Å²) < 4.78 is 0. The van der Waals surface area contributed by atoms with Gasteiger partial charge >= 0.3 is 0 Å². The monoisotopic (exact) mass is 262 g/mol. The fourth-order valence-electron chi connectivity index (χ4n) is 1.52. The van der Waals surface area contributed by atoms with Crippen LogP contribution in [0.25, 0.3) is 0 Å². The number of nitrogens with one attached hydrogen (secondary N) is 1. The summed E-state index contributed by atoms with van der Waals surface area (Å²) in [6.07, 6.45) is 0.283. The van der Waals surface area contributed by atoms with Crippen LogP contribution in [0.2, 0.25) is 10.0 Å². The normalized spacial score (nSPS) is 14.6. The first kappa shape index (κ1) is 13.4. The van der Waals surface area contributed by atoms with Gasteiger partial charge in [-0.05, 0) is 32.4 Å². The molecule has 0 saturated carbocycles. The van der Waals surface area contributed by atoms with Crippen LogP contribution in [-0.2, 0) is 0 Å². The summed E-state index contributed by atoms with van der Waals surface area (Å²) in [5.41, 5.74) is 7.09. The zero-order chi connectivity index (χ0) is 12.3. The van der Waals surface area contributed by atoms with Crippen molar-refractivity contribution >= 4 is 34.6 Å². The third-order valence-corrected chi connectivity index (χ3v) is 2.91. The number of aliphatic hydroxyl groups is 1. The molecule has 0 aliphatic heterocycles. The number of aliphatic hydroxyl groups excluding tert-OH is 1. The van der Waals surface area contributed by atoms with Gasteiger partial charge in [-0.1, -0.05) is 23.2 Å². The van der Waals surface area contributed by atoms with Crippen molar-refractivity contribution in [3.05, 3.63) is 22.2 Å². The van der Waals surface area contributed by atoms with E-state index in [-0.39, 0.29) is 12.1 Å². The highest BCUT2D eigenvalue weighted by Gasteiger charge is 2.09. The highest BCUT2D eigenvalue weighted by molar-refractivity contribution is 6.42. The lowest BCUT2D eigenvalue weighted by Crippen LogP contribution is -2.21. The number of rotatable bonds is 4. The van der Waals surface area contributed by atoms with Crippen molar-refractivity contribution in [2.24, 2.45) is 0 Å². The van der Waals surface area contributed by atoms with Crippen molar-refractivity contribution in [3.63, 3.8) is 0 Å². The molecule has 0 bridgehead atoms. The minimum Gasteiger partial charge on any atom is -0.397 e. The van der Waals surface area contributed by atoms with Crippen LogP contribution in [0.4, 0.5) is 11.4 Å². The Balaban J connectivity index is 2.77. The van der Waals surface area contributed by atoms with Gasteiger partial charge < -0.3 is 16.2 Å². The molecule has 0 aliphatic rings. The average molecular weight is 263 g/mol. The molecule has 0 fully saturated rings. The summed E-state index contributed by atoms with van der Waals surface area (Å²) in [6, 6.07) is 3.42. The van der Waals surface area contributed by atoms with Crippen molar-refractivity contribution in [3.8, 4) is 0 Å². The van der Waals surface area contributed by atoms with Gasteiger partial charge in [0.05, 0.1) is 27.5 Å². The highest BCUT2D eigenvalue weighted by Crippen LogP contribution is 2.31. The quantitative estimate of drug-likeness (QED) is 0.731. The predicted molar refractivity (Wildman–Crippen MR) is 70.3 cm³/mol. The lowest BCUT2D eigenvalue weighted by Gasteiger charge is -2.18. The first-order valence-corrected chi connectivity index (χ1v) is 5.85. The predicted octanol–water partition coefficient (Wildman–Crippen LogP) is 3.15. The zero-order valence-electron chi connectivity index (χ0n) is 9.30. The van der Waals surface area contributed by atoms with Crippen LogP contribution in [0.1, 0.15) is 20.3 Å². The number of hydrogen-bond acceptors (Lipinski definition) is 3. The Morgan fingerprint density at radius 1 is 1.31 bits per heavy atom. The second kappa shape index (κ2) is 5.62. The SMILES string of the molecule is CC(O)CC(C)Nc1cc(Cl)c(Cl)cc1N. The summed E-state index contributed by atoms with van der Waals surface area (Å²) in [6.45, 7) is 3.71. The molecule has 0 spiro atoms. The van der Waals surface area contributed by atoms with Crippen molar-refractivity contribution in [2.45, 2.75) is 32.4 Å². The van der Waals surface area contributed by atoms with Crippen LogP contribution < -0.4 is 11.1 Å². The van der Waals surface area contributed by atoms with Crippen LogP contribution in [0.15, 0.2) is 12.1 Å². The second-order valence-electron chi connectivity index (χ2n) is 3.98. The van der Waals surface area contributed by atoms with Crippen LogP contribution in [0.5, 0.6) is 0 Å². The lowest BCUT2D eigenvalue weighted by molar-refractivity contribution is 0.179. The summed E-state index contributed by atoms with van der Waals surface area (Å²) in [4.78, 5) is 0. The molecule has 0 saturated heterocycles. The van der Waals surface area contributed by atoms with E-state index in [1.807, 2.05) is 6.92 Å². The van der Waals surface area contributed by atoms with E-state index in [9.17, 15) is 5.11 Å². The van der Waals surface area contributed by atoms with Gasteiger partial charge in [0.15, 0.2) is 0 Å². The number of nitrogens with two attached hydrogens (primary N) is 1. The first-order chi connectivity index (χ1) is 7.40. The Bertz CT molecular complexity index is 369. The van der Waals surface area contributed by atoms with Crippen molar-refractivity contribution < 1.29 is 5.11 Å². The maximum atomic E-state index is 9.25. The summed E-state index contributed by atoms with van der Waals surface area (Å²) >= 11 is 11.7. The van der Waals surface area contributed by atoms with E-state index in [2.05, 4.69) is 5.32 Å². The van der Waals surface area contributed by atoms with Gasteiger partial charge in [-0.3, -0.25) is 0 Å². The molecule has 1 rings (SSSR count). The Morgan fingerprint density at radius 3 is 2.44 bits per heavy atom. The molecule has 2 unspecified atom stereocenters. The molecule has 4 N–H and O–H groups in total. The van der Waals surface area contributed by atoms with Crippen LogP contribution in [0, 0.1) is 0 Å². The van der Waals surface area contributed by atoms with Gasteiger partial charge in [-0.15, -0.1) is 0 Å². The molecule has 2 atom stereocenters. The van der Waals surface area contributed by atoms with E-state index in [4.69, 9.17) is 28.9 Å². The molecule has 0 amide bonds. The molecule has 0 aromatic heterocycles. The maximum absolute atomic E-state index is 9.25. The Kier molecular flexibility index (Phi) is 4.71. The highest BCUT2D eigenvalue weighted by atomic mass is 35.5. The van der Waals surface area contributed by atoms with Gasteiger partial charge in [-0.2, -0.15) is 0 Å². The van der Waals surface area contributed by atoms with E-state index in [1.54, 1.807) is 19.1 Å². The van der Waals surface area contributed by atoms with E-state index in [0.29, 0.717) is 22.2 Å². The summed E-state index contributed by atoms with van der Waals surface area (Å²) in [7, 11) is 0. The molecule has 0 aliphatic carbocycles. The standard InChI is InChI=1S/C11H16Cl2N2O/c1-6(3-7(2)16)15-11-5-9(13)8(12)4-10(11)14/h4-7,15-16H,3,14H2,1-2H3. The van der Waals surface area contributed by atoms with Crippen LogP contribution in [-0.4, -0.2) is 17.3 Å². The number of halogens is 2. The minimum absolute atomic E-state index is 0.111. The molecular formula is C11H16Cl2N2O. The third kappa shape index (κ3) is 3.74. The van der Waals surface area contributed by atoms with Gasteiger partial charge in [0.1, 0.15) is 0 Å². The fourth-order valence-corrected chi connectivity index (χ4v) is 1.86. The van der Waals surface area contributed by atoms with Gasteiger partial charge in [0.2, 0.25) is 0 Å². The Labute approximate surface area is 106 Å². The smallest absolute Gasteiger partial charge is 0.0614 e. The molecular weight excluding hydrogens is 247 g/mol. The largest absolute Gasteiger partial charge is 0.397 e. The van der Waals surface area contributed by atoms with Crippen LogP contribution in [0.3, 0.4) is 0 Å². The van der Waals surface area contributed by atoms with E-state index in [1.165, 1.54) is 0 Å². The van der Waals surface area contributed by atoms with Gasteiger partial charge in [0, 0.05) is 6.04 Å². The molecule has 16 heavy (non-hydrogen) atoms. The number of nitrogen functional groups attached to an aromatic ring is 1. The number of anilines is 2. The van der Waals surface area contributed by atoms with E-state index < -0.39 is 0 Å². The molecule has 90 valence electrons. The molecule has 3 nitrogen and oxygen atoms in total. The number of hydrogen-bond donors (Lipinski definition) is 3. The summed E-state index contributed by atoms with van der Waals surface area (Å²) in [5.74, 6) is 0. The van der Waals surface area contributed by atoms with Gasteiger partial charge in [-0.25, -0.2) is 0 Å². The Morgan fingerprint density at radius 2 is 1.88 bits per heavy atom. The average Bonchev–Trinajstić information content (AvgIpc) is 2.12. The maximum Gasteiger partial charge on any atom is 0.0614 e. The molecule has 0 radical (unpaired) electrons. The topological polar surface area (TPSA) is 58.3 Å². The zero-order valence-corrected chi connectivity index (χ0v) is 10.8. The van der Waals surface area contributed by atoms with Crippen molar-refractivity contribution in [1.82, 2.24) is 0 Å². The summed E-state index contributed by atoms with van der Waals surface area (Å²) in [5, 5.41) is 13.3. The van der Waals surface area contributed by atoms with E-state index in [0.717, 1.165) is 5.69 Å². The second-order valence-corrected chi connectivity index (χ2v) is 4.80. The molecule has 5 heteroatoms. The van der Waals surface area contributed by atoms with Crippen LogP contribution >= 0.6 is 23.2 Å². The molecule has 1 aromatic carbocycles. The fraction of sp³-hybridized carbons (Fsp3) is 0.455. The third-order valence-electron chi connectivity index (χ3n) is 2.19. The van der Waals surface area contributed by atoms with Crippen molar-refractivity contribution in [2.75, 3.05) is 11.1 Å². The number of benzene rings is 1. The minimum atomic E-state index is -0.355. The molecule has 0 heterocycles. The first-order valence-electron chi connectivity index (χ1n) is 5.09. The Hall–Kier alpha value is -0.640. The van der Waals surface area contributed by atoms with Gasteiger partial charge in [0.25, 0.3) is 0 Å². The van der Waals surface area contributed by atoms with E-state index >= 15 is 0 Å². The van der Waals surface area contributed by atoms with Crippen molar-refractivity contribution in [1.29, 1.82) is 0 Å². The molecule has 1 aromatic rings.